The Kier molecular flexibility index (Phi) is 11.1. The highest BCUT2D eigenvalue weighted by Gasteiger charge is 2.30. The molecule has 0 aromatic heterocycles. The number of nitrogens with one attached hydrogen (secondary N) is 1. The molecule has 0 aliphatic heterocycles. The molecule has 0 aliphatic rings. The summed E-state index contributed by atoms with van der Waals surface area (Å²) < 4.78 is 5.76. The van der Waals surface area contributed by atoms with Crippen LogP contribution in [-0.2, 0) is 22.6 Å². The molecular weight excluding hydrogens is 495 g/mol. The molecule has 1 N–H and O–H groups in total. The molecule has 1 atom stereocenters. The van der Waals surface area contributed by atoms with E-state index in [9.17, 15) is 9.59 Å². The van der Waals surface area contributed by atoms with Gasteiger partial charge in [0.2, 0.25) is 11.8 Å². The van der Waals surface area contributed by atoms with Crippen molar-refractivity contribution in [2.75, 3.05) is 13.2 Å². The zero-order valence-corrected chi connectivity index (χ0v) is 22.0. The third-order valence-electron chi connectivity index (χ3n) is 5.74. The molecule has 0 aliphatic carbocycles. The summed E-state index contributed by atoms with van der Waals surface area (Å²) in [5.41, 5.74) is 1.78. The van der Waals surface area contributed by atoms with E-state index in [4.69, 9.17) is 27.9 Å². The van der Waals surface area contributed by atoms with E-state index in [0.29, 0.717) is 41.8 Å². The van der Waals surface area contributed by atoms with E-state index < -0.39 is 6.04 Å². The maximum absolute atomic E-state index is 13.6. The minimum Gasteiger partial charge on any atom is -0.494 e. The second-order valence-electron chi connectivity index (χ2n) is 8.52. The fourth-order valence-corrected chi connectivity index (χ4v) is 4.14. The molecule has 0 heterocycles. The highest BCUT2D eigenvalue weighted by atomic mass is 35.5. The van der Waals surface area contributed by atoms with E-state index in [1.165, 1.54) is 0 Å². The number of hydrogen-bond acceptors (Lipinski definition) is 3. The molecule has 0 fully saturated rings. The number of benzene rings is 3. The van der Waals surface area contributed by atoms with E-state index in [1.807, 2.05) is 55.5 Å². The SMILES string of the molecule is CCCNC(=O)C(Cc1ccccc1)N(Cc1ccccc1Cl)C(=O)CCCOc1ccc(Cl)cc1. The second kappa shape index (κ2) is 14.5. The van der Waals surface area contributed by atoms with E-state index in [0.717, 1.165) is 17.5 Å². The van der Waals surface area contributed by atoms with Crippen LogP contribution in [0.2, 0.25) is 10.0 Å². The van der Waals surface area contributed by atoms with Crippen LogP contribution in [0.1, 0.15) is 37.3 Å². The van der Waals surface area contributed by atoms with Gasteiger partial charge in [-0.15, -0.1) is 0 Å². The van der Waals surface area contributed by atoms with Crippen molar-refractivity contribution in [3.63, 3.8) is 0 Å². The van der Waals surface area contributed by atoms with E-state index >= 15 is 0 Å². The van der Waals surface area contributed by atoms with Gasteiger partial charge in [-0.1, -0.05) is 78.7 Å². The average Bonchev–Trinajstić information content (AvgIpc) is 2.89. The molecule has 0 radical (unpaired) electrons. The van der Waals surface area contributed by atoms with Crippen LogP contribution >= 0.6 is 23.2 Å². The maximum Gasteiger partial charge on any atom is 0.243 e. The molecule has 7 heteroatoms. The molecule has 3 aromatic carbocycles. The van der Waals surface area contributed by atoms with Gasteiger partial charge in [0.15, 0.2) is 0 Å². The Morgan fingerprint density at radius 2 is 1.64 bits per heavy atom. The molecule has 3 aromatic rings. The quantitative estimate of drug-likeness (QED) is 0.265. The molecule has 0 spiro atoms. The molecular formula is C29H32Cl2N2O3. The largest absolute Gasteiger partial charge is 0.494 e. The topological polar surface area (TPSA) is 58.6 Å². The van der Waals surface area contributed by atoms with Crippen LogP contribution in [0.5, 0.6) is 5.75 Å². The number of carbonyl (C=O) groups excluding carboxylic acids is 2. The summed E-state index contributed by atoms with van der Waals surface area (Å²) in [6.45, 7) is 3.17. The maximum atomic E-state index is 13.6. The van der Waals surface area contributed by atoms with Crippen molar-refractivity contribution in [2.45, 2.75) is 45.2 Å². The Morgan fingerprint density at radius 3 is 2.33 bits per heavy atom. The van der Waals surface area contributed by atoms with Gasteiger partial charge < -0.3 is 15.0 Å². The van der Waals surface area contributed by atoms with Gasteiger partial charge in [0.25, 0.3) is 0 Å². The lowest BCUT2D eigenvalue weighted by molar-refractivity contribution is -0.141. The van der Waals surface area contributed by atoms with Gasteiger partial charge in [0.1, 0.15) is 11.8 Å². The fraction of sp³-hybridized carbons (Fsp3) is 0.310. The minimum absolute atomic E-state index is 0.123. The normalized spacial score (nSPS) is 11.5. The molecule has 0 bridgehead atoms. The van der Waals surface area contributed by atoms with Crippen LogP contribution in [0.4, 0.5) is 0 Å². The summed E-state index contributed by atoms with van der Waals surface area (Å²) in [4.78, 5) is 28.5. The second-order valence-corrected chi connectivity index (χ2v) is 9.36. The van der Waals surface area contributed by atoms with Gasteiger partial charge in [-0.05, 0) is 54.3 Å². The first-order valence-electron chi connectivity index (χ1n) is 12.2. The van der Waals surface area contributed by atoms with Crippen molar-refractivity contribution in [1.29, 1.82) is 0 Å². The van der Waals surface area contributed by atoms with Gasteiger partial charge in [-0.25, -0.2) is 0 Å². The van der Waals surface area contributed by atoms with Gasteiger partial charge in [-0.2, -0.15) is 0 Å². The van der Waals surface area contributed by atoms with Crippen LogP contribution in [0.3, 0.4) is 0 Å². The van der Waals surface area contributed by atoms with Crippen LogP contribution in [-0.4, -0.2) is 35.9 Å². The van der Waals surface area contributed by atoms with Crippen molar-refractivity contribution in [3.05, 3.63) is 100 Å². The van der Waals surface area contributed by atoms with Crippen LogP contribution < -0.4 is 10.1 Å². The monoisotopic (exact) mass is 526 g/mol. The van der Waals surface area contributed by atoms with Crippen molar-refractivity contribution < 1.29 is 14.3 Å². The number of carbonyl (C=O) groups is 2. The summed E-state index contributed by atoms with van der Waals surface area (Å²) in [6.07, 6.45) is 1.97. The molecule has 1 unspecified atom stereocenters. The number of ether oxygens (including phenoxy) is 1. The molecule has 36 heavy (non-hydrogen) atoms. The smallest absolute Gasteiger partial charge is 0.243 e. The van der Waals surface area contributed by atoms with Crippen molar-refractivity contribution >= 4 is 35.0 Å². The highest BCUT2D eigenvalue weighted by Crippen LogP contribution is 2.22. The van der Waals surface area contributed by atoms with Crippen molar-refractivity contribution in [3.8, 4) is 5.75 Å². The summed E-state index contributed by atoms with van der Waals surface area (Å²) in [5, 5.41) is 4.18. The Morgan fingerprint density at radius 1 is 0.944 bits per heavy atom. The lowest BCUT2D eigenvalue weighted by atomic mass is 10.0. The Bertz CT molecular complexity index is 1110. The zero-order valence-electron chi connectivity index (χ0n) is 20.5. The third kappa shape index (κ3) is 8.58. The van der Waals surface area contributed by atoms with Gasteiger partial charge in [0, 0.05) is 36.0 Å². The fourth-order valence-electron chi connectivity index (χ4n) is 3.82. The number of rotatable bonds is 13. The minimum atomic E-state index is -0.667. The molecule has 0 saturated carbocycles. The number of nitrogens with zero attached hydrogens (tertiary/aromatic N) is 1. The molecule has 5 nitrogen and oxygen atoms in total. The first kappa shape index (κ1) is 27.6. The standard InChI is InChI=1S/C29H32Cl2N2O3/c1-2-18-32-29(35)27(20-22-9-4-3-5-10-22)33(21-23-11-6-7-12-26(23)31)28(34)13-8-19-36-25-16-14-24(30)15-17-25/h3-7,9-12,14-17,27H,2,8,13,18-21H2,1H3,(H,32,35). The van der Waals surface area contributed by atoms with E-state index in [1.54, 1.807) is 35.2 Å². The highest BCUT2D eigenvalue weighted by molar-refractivity contribution is 6.31. The molecule has 3 rings (SSSR count). The molecule has 190 valence electrons. The lowest BCUT2D eigenvalue weighted by Crippen LogP contribution is -2.50. The lowest BCUT2D eigenvalue weighted by Gasteiger charge is -2.32. The van der Waals surface area contributed by atoms with Crippen LogP contribution in [0, 0.1) is 0 Å². The number of halogens is 2. The van der Waals surface area contributed by atoms with Gasteiger partial charge >= 0.3 is 0 Å². The zero-order chi connectivity index (χ0) is 25.8. The summed E-state index contributed by atoms with van der Waals surface area (Å²) in [5.74, 6) is 0.404. The average molecular weight is 527 g/mol. The van der Waals surface area contributed by atoms with Crippen LogP contribution in [0.25, 0.3) is 0 Å². The Balaban J connectivity index is 1.78. The molecule has 0 saturated heterocycles. The Hall–Kier alpha value is -3.02. The number of hydrogen-bond donors (Lipinski definition) is 1. The van der Waals surface area contributed by atoms with E-state index in [2.05, 4.69) is 5.32 Å². The summed E-state index contributed by atoms with van der Waals surface area (Å²) >= 11 is 12.4. The summed E-state index contributed by atoms with van der Waals surface area (Å²) in [6, 6.07) is 23.6. The predicted octanol–water partition coefficient (Wildman–Crippen LogP) is 6.32. The van der Waals surface area contributed by atoms with E-state index in [-0.39, 0.29) is 24.8 Å². The molecule has 2 amide bonds. The van der Waals surface area contributed by atoms with Gasteiger partial charge in [-0.3, -0.25) is 9.59 Å². The third-order valence-corrected chi connectivity index (χ3v) is 6.36. The summed E-state index contributed by atoms with van der Waals surface area (Å²) in [7, 11) is 0. The van der Waals surface area contributed by atoms with Crippen LogP contribution in [0.15, 0.2) is 78.9 Å². The van der Waals surface area contributed by atoms with Crippen molar-refractivity contribution in [2.24, 2.45) is 0 Å². The Labute approximate surface area is 223 Å². The van der Waals surface area contributed by atoms with Gasteiger partial charge in [0.05, 0.1) is 6.61 Å². The number of amides is 2. The predicted molar refractivity (Wildman–Crippen MR) is 145 cm³/mol. The first-order chi connectivity index (χ1) is 17.5. The van der Waals surface area contributed by atoms with Crippen molar-refractivity contribution in [1.82, 2.24) is 10.2 Å². The first-order valence-corrected chi connectivity index (χ1v) is 13.0.